The van der Waals surface area contributed by atoms with Crippen LogP contribution in [0.5, 0.6) is 0 Å². The van der Waals surface area contributed by atoms with Crippen LogP contribution in [0.4, 0.5) is 11.5 Å². The van der Waals surface area contributed by atoms with Crippen LogP contribution in [-0.2, 0) is 0 Å². The van der Waals surface area contributed by atoms with Gasteiger partial charge in [0.25, 0.3) is 0 Å². The van der Waals surface area contributed by atoms with Gasteiger partial charge in [-0.25, -0.2) is 9.97 Å². The standard InChI is InChI=1S/C12H17ClN4O2/c1-12(2)5-3-8(4-6-12)16-11-9(17(18)19)10(13)14-7-15-11/h7-8H,3-6H2,1-2H3,(H,14,15,16). The average molecular weight is 285 g/mol. The van der Waals surface area contributed by atoms with Gasteiger partial charge in [0.1, 0.15) is 6.33 Å². The number of nitrogens with one attached hydrogen (secondary N) is 1. The van der Waals surface area contributed by atoms with Crippen molar-refractivity contribution in [3.8, 4) is 0 Å². The maximum absolute atomic E-state index is 11.0. The lowest BCUT2D eigenvalue weighted by Crippen LogP contribution is -2.30. The molecule has 0 radical (unpaired) electrons. The van der Waals surface area contributed by atoms with Crippen molar-refractivity contribution in [2.45, 2.75) is 45.6 Å². The van der Waals surface area contributed by atoms with Gasteiger partial charge in [-0.3, -0.25) is 10.1 Å². The van der Waals surface area contributed by atoms with Gasteiger partial charge < -0.3 is 5.32 Å². The molecule has 104 valence electrons. The van der Waals surface area contributed by atoms with E-state index >= 15 is 0 Å². The molecule has 6 nitrogen and oxygen atoms in total. The molecule has 7 heteroatoms. The second-order valence-electron chi connectivity index (χ2n) is 5.70. The largest absolute Gasteiger partial charge is 0.361 e. The second kappa shape index (κ2) is 5.28. The van der Waals surface area contributed by atoms with Gasteiger partial charge in [-0.2, -0.15) is 0 Å². The zero-order chi connectivity index (χ0) is 14.0. The Hall–Kier alpha value is -1.43. The highest BCUT2D eigenvalue weighted by Crippen LogP contribution is 2.37. The van der Waals surface area contributed by atoms with Crippen molar-refractivity contribution in [1.82, 2.24) is 9.97 Å². The van der Waals surface area contributed by atoms with E-state index in [2.05, 4.69) is 29.1 Å². The Morgan fingerprint density at radius 2 is 2.05 bits per heavy atom. The molecule has 1 aromatic heterocycles. The van der Waals surface area contributed by atoms with Gasteiger partial charge in [0.2, 0.25) is 11.0 Å². The number of halogens is 1. The van der Waals surface area contributed by atoms with Crippen molar-refractivity contribution in [3.05, 3.63) is 21.6 Å². The van der Waals surface area contributed by atoms with Gasteiger partial charge in [0, 0.05) is 6.04 Å². The first-order valence-electron chi connectivity index (χ1n) is 6.30. The van der Waals surface area contributed by atoms with Gasteiger partial charge in [-0.15, -0.1) is 0 Å². The van der Waals surface area contributed by atoms with Crippen LogP contribution in [0.1, 0.15) is 39.5 Å². The molecule has 1 N–H and O–H groups in total. The molecule has 1 heterocycles. The Kier molecular flexibility index (Phi) is 3.89. The predicted molar refractivity (Wildman–Crippen MR) is 73.4 cm³/mol. The Balaban J connectivity index is 2.12. The molecule has 1 aliphatic rings. The Bertz CT molecular complexity index is 483. The van der Waals surface area contributed by atoms with Crippen LogP contribution in [0.3, 0.4) is 0 Å². The minimum atomic E-state index is -0.544. The van der Waals surface area contributed by atoms with E-state index in [1.165, 1.54) is 6.33 Å². The van der Waals surface area contributed by atoms with Crippen molar-refractivity contribution in [2.24, 2.45) is 5.41 Å². The van der Waals surface area contributed by atoms with Crippen LogP contribution in [-0.4, -0.2) is 20.9 Å². The molecule has 1 saturated carbocycles. The molecule has 0 aromatic carbocycles. The zero-order valence-electron chi connectivity index (χ0n) is 11.0. The van der Waals surface area contributed by atoms with Crippen LogP contribution in [0.2, 0.25) is 5.15 Å². The maximum Gasteiger partial charge on any atom is 0.348 e. The third-order valence-electron chi connectivity index (χ3n) is 3.64. The Labute approximate surface area is 116 Å². The normalized spacial score (nSPS) is 19.1. The fourth-order valence-electron chi connectivity index (χ4n) is 2.36. The van der Waals surface area contributed by atoms with Crippen LogP contribution >= 0.6 is 11.6 Å². The minimum absolute atomic E-state index is 0.126. The van der Waals surface area contributed by atoms with Crippen molar-refractivity contribution < 1.29 is 4.92 Å². The number of nitrogens with zero attached hydrogens (tertiary/aromatic N) is 3. The smallest absolute Gasteiger partial charge is 0.348 e. The van der Waals surface area contributed by atoms with E-state index in [-0.39, 0.29) is 22.7 Å². The fourth-order valence-corrected chi connectivity index (χ4v) is 2.56. The van der Waals surface area contributed by atoms with E-state index in [0.29, 0.717) is 5.41 Å². The molecular weight excluding hydrogens is 268 g/mol. The van der Waals surface area contributed by atoms with Crippen molar-refractivity contribution in [1.29, 1.82) is 0 Å². The molecule has 1 aliphatic carbocycles. The van der Waals surface area contributed by atoms with E-state index in [9.17, 15) is 10.1 Å². The number of hydrogen-bond donors (Lipinski definition) is 1. The Morgan fingerprint density at radius 3 is 2.63 bits per heavy atom. The monoisotopic (exact) mass is 284 g/mol. The molecule has 1 aromatic rings. The van der Waals surface area contributed by atoms with Crippen LogP contribution < -0.4 is 5.32 Å². The summed E-state index contributed by atoms with van der Waals surface area (Å²) in [6, 6.07) is 0.206. The fraction of sp³-hybridized carbons (Fsp3) is 0.667. The molecule has 0 atom stereocenters. The molecule has 0 aliphatic heterocycles. The molecular formula is C12H17ClN4O2. The molecule has 2 rings (SSSR count). The van der Waals surface area contributed by atoms with E-state index in [0.717, 1.165) is 25.7 Å². The van der Waals surface area contributed by atoms with Crippen LogP contribution in [0, 0.1) is 15.5 Å². The quantitative estimate of drug-likeness (QED) is 0.522. The first kappa shape index (κ1) is 14.0. The molecule has 0 amide bonds. The summed E-state index contributed by atoms with van der Waals surface area (Å²) < 4.78 is 0. The number of aromatic nitrogens is 2. The summed E-state index contributed by atoms with van der Waals surface area (Å²) in [6.07, 6.45) is 5.39. The summed E-state index contributed by atoms with van der Waals surface area (Å²) in [4.78, 5) is 18.0. The second-order valence-corrected chi connectivity index (χ2v) is 6.06. The maximum atomic E-state index is 11.0. The van der Waals surface area contributed by atoms with Gasteiger partial charge in [-0.05, 0) is 31.1 Å². The third-order valence-corrected chi connectivity index (χ3v) is 3.92. The van der Waals surface area contributed by atoms with Gasteiger partial charge in [0.15, 0.2) is 0 Å². The summed E-state index contributed by atoms with van der Waals surface area (Å²) >= 11 is 5.75. The molecule has 0 bridgehead atoms. The highest BCUT2D eigenvalue weighted by molar-refractivity contribution is 6.31. The summed E-state index contributed by atoms with van der Waals surface area (Å²) in [6.45, 7) is 4.49. The number of hydrogen-bond acceptors (Lipinski definition) is 5. The zero-order valence-corrected chi connectivity index (χ0v) is 11.8. The average Bonchev–Trinajstić information content (AvgIpc) is 2.31. The lowest BCUT2D eigenvalue weighted by atomic mass is 9.75. The highest BCUT2D eigenvalue weighted by atomic mass is 35.5. The SMILES string of the molecule is CC1(C)CCC(Nc2ncnc(Cl)c2[N+](=O)[O-])CC1. The summed E-state index contributed by atoms with van der Waals surface area (Å²) in [7, 11) is 0. The Morgan fingerprint density at radius 1 is 1.42 bits per heavy atom. The topological polar surface area (TPSA) is 81.0 Å². The van der Waals surface area contributed by atoms with Crippen LogP contribution in [0.15, 0.2) is 6.33 Å². The summed E-state index contributed by atoms with van der Waals surface area (Å²) in [5.74, 6) is 0.217. The predicted octanol–water partition coefficient (Wildman–Crippen LogP) is 3.42. The molecule has 0 unspecified atom stereocenters. The van der Waals surface area contributed by atoms with E-state index < -0.39 is 4.92 Å². The van der Waals surface area contributed by atoms with Crippen molar-refractivity contribution in [3.63, 3.8) is 0 Å². The van der Waals surface area contributed by atoms with E-state index in [1.54, 1.807) is 0 Å². The van der Waals surface area contributed by atoms with Gasteiger partial charge in [0.05, 0.1) is 4.92 Å². The van der Waals surface area contributed by atoms with Crippen LogP contribution in [0.25, 0.3) is 0 Å². The molecule has 0 saturated heterocycles. The number of anilines is 1. The van der Waals surface area contributed by atoms with Crippen molar-refractivity contribution >= 4 is 23.1 Å². The molecule has 1 fully saturated rings. The van der Waals surface area contributed by atoms with E-state index in [4.69, 9.17) is 11.6 Å². The summed E-state index contributed by atoms with van der Waals surface area (Å²) in [5.41, 5.74) is 0.113. The molecule has 19 heavy (non-hydrogen) atoms. The minimum Gasteiger partial charge on any atom is -0.361 e. The highest BCUT2D eigenvalue weighted by Gasteiger charge is 2.29. The first-order valence-corrected chi connectivity index (χ1v) is 6.68. The number of rotatable bonds is 3. The third kappa shape index (κ3) is 3.32. The lowest BCUT2D eigenvalue weighted by Gasteiger charge is -2.34. The van der Waals surface area contributed by atoms with Gasteiger partial charge in [-0.1, -0.05) is 25.4 Å². The number of nitro groups is 1. The van der Waals surface area contributed by atoms with Gasteiger partial charge >= 0.3 is 5.69 Å². The summed E-state index contributed by atoms with van der Waals surface area (Å²) in [5, 5.41) is 14.0. The molecule has 0 spiro atoms. The van der Waals surface area contributed by atoms with E-state index in [1.807, 2.05) is 0 Å². The van der Waals surface area contributed by atoms with Crippen molar-refractivity contribution in [2.75, 3.05) is 5.32 Å². The lowest BCUT2D eigenvalue weighted by molar-refractivity contribution is -0.384. The first-order chi connectivity index (χ1) is 8.89.